The zero-order valence-corrected chi connectivity index (χ0v) is 31.3. The van der Waals surface area contributed by atoms with Gasteiger partial charge in [-0.2, -0.15) is 0 Å². The standard InChI is InChI=1S/C36H44N4O2.3C2H6/c1-36(29-14-8-5-9-15-29)22-18-30(19-23-36)37(2)26-27-20-24-39(25-21-27)35(42)40-33(28-12-6-4-7-13-28)31-16-10-11-17-32(31)38(3)34(40)41;3*1-2/h4-17,27,30,33H,18-26H2,1-3H3;3*1-2H3. The van der Waals surface area contributed by atoms with Crippen LogP contribution in [0.25, 0.3) is 0 Å². The van der Waals surface area contributed by atoms with Gasteiger partial charge in [-0.1, -0.05) is 127 Å². The molecule has 0 bridgehead atoms. The first kappa shape index (κ1) is 38.8. The average Bonchev–Trinajstić information content (AvgIpc) is 3.16. The number of hydrogen-bond acceptors (Lipinski definition) is 3. The molecule has 1 saturated carbocycles. The molecule has 4 amide bonds. The summed E-state index contributed by atoms with van der Waals surface area (Å²) in [5.74, 6) is 0.562. The second kappa shape index (κ2) is 18.8. The number of piperidine rings is 1. The van der Waals surface area contributed by atoms with Gasteiger partial charge >= 0.3 is 12.1 Å². The number of imide groups is 1. The van der Waals surface area contributed by atoms with E-state index < -0.39 is 6.04 Å². The summed E-state index contributed by atoms with van der Waals surface area (Å²) in [6, 6.07) is 28.6. The number of benzene rings is 3. The molecule has 3 aliphatic rings. The minimum Gasteiger partial charge on any atom is -0.324 e. The van der Waals surface area contributed by atoms with Gasteiger partial charge in [0.2, 0.25) is 0 Å². The highest BCUT2D eigenvalue weighted by molar-refractivity contribution is 6.05. The van der Waals surface area contributed by atoms with E-state index in [4.69, 9.17) is 0 Å². The van der Waals surface area contributed by atoms with Crippen LogP contribution in [0.3, 0.4) is 0 Å². The summed E-state index contributed by atoms with van der Waals surface area (Å²) in [5, 5.41) is 0. The number of fused-ring (bicyclic) bond motifs is 1. The normalized spacial score (nSPS) is 22.3. The number of amides is 4. The van der Waals surface area contributed by atoms with Crippen LogP contribution in [0.2, 0.25) is 0 Å². The van der Waals surface area contributed by atoms with Gasteiger partial charge in [0.1, 0.15) is 0 Å². The molecule has 0 spiro atoms. The SMILES string of the molecule is CC.CC.CC.CN1C(=O)N(C(=O)N2CCC(CN(C)C3CCC(C)(c4ccccc4)CC3)CC2)C(c2ccccc2)c2ccccc21. The molecule has 2 fully saturated rings. The minimum atomic E-state index is -0.435. The Kier molecular flexibility index (Phi) is 15.2. The van der Waals surface area contributed by atoms with Crippen molar-refractivity contribution in [3.63, 3.8) is 0 Å². The molecular weight excluding hydrogens is 592 g/mol. The minimum absolute atomic E-state index is 0.186. The molecule has 262 valence electrons. The van der Waals surface area contributed by atoms with E-state index in [2.05, 4.69) is 49.2 Å². The Balaban J connectivity index is 0.000000987. The topological polar surface area (TPSA) is 47.1 Å². The van der Waals surface area contributed by atoms with E-state index in [1.807, 2.05) is 101 Å². The van der Waals surface area contributed by atoms with Gasteiger partial charge < -0.3 is 9.80 Å². The van der Waals surface area contributed by atoms with Crippen LogP contribution in [0.5, 0.6) is 0 Å². The van der Waals surface area contributed by atoms with Crippen molar-refractivity contribution >= 4 is 17.7 Å². The van der Waals surface area contributed by atoms with Crippen molar-refractivity contribution in [2.45, 2.75) is 104 Å². The van der Waals surface area contributed by atoms with Crippen molar-refractivity contribution in [2.75, 3.05) is 38.6 Å². The third-order valence-corrected chi connectivity index (χ3v) is 10.2. The number of hydrogen-bond donors (Lipinski definition) is 0. The van der Waals surface area contributed by atoms with Crippen molar-refractivity contribution in [3.05, 3.63) is 102 Å². The first-order chi connectivity index (χ1) is 23.4. The van der Waals surface area contributed by atoms with Crippen molar-refractivity contribution in [1.82, 2.24) is 14.7 Å². The maximum absolute atomic E-state index is 14.1. The van der Waals surface area contributed by atoms with Gasteiger partial charge in [-0.05, 0) is 74.1 Å². The fourth-order valence-electron chi connectivity index (χ4n) is 7.52. The van der Waals surface area contributed by atoms with Crippen molar-refractivity contribution < 1.29 is 9.59 Å². The van der Waals surface area contributed by atoms with Crippen molar-refractivity contribution in [2.24, 2.45) is 5.92 Å². The van der Waals surface area contributed by atoms with Crippen LogP contribution in [-0.4, -0.2) is 66.5 Å². The lowest BCUT2D eigenvalue weighted by molar-refractivity contribution is 0.101. The molecule has 0 aromatic heterocycles. The van der Waals surface area contributed by atoms with E-state index in [1.165, 1.54) is 36.1 Å². The number of urea groups is 2. The Hall–Kier alpha value is -3.64. The zero-order chi connectivity index (χ0) is 35.3. The fourth-order valence-corrected chi connectivity index (χ4v) is 7.52. The van der Waals surface area contributed by atoms with Gasteiger partial charge in [0, 0.05) is 38.3 Å². The first-order valence-corrected chi connectivity index (χ1v) is 18.6. The highest BCUT2D eigenvalue weighted by atomic mass is 16.2. The molecule has 0 N–H and O–H groups in total. The average molecular weight is 655 g/mol. The molecule has 1 saturated heterocycles. The molecule has 3 aromatic carbocycles. The lowest BCUT2D eigenvalue weighted by atomic mass is 9.69. The van der Waals surface area contributed by atoms with E-state index >= 15 is 0 Å². The number of carbonyl (C=O) groups is 2. The summed E-state index contributed by atoms with van der Waals surface area (Å²) in [5.41, 5.74) is 4.54. The van der Waals surface area contributed by atoms with Gasteiger partial charge in [0.05, 0.1) is 11.7 Å². The first-order valence-electron chi connectivity index (χ1n) is 18.6. The molecule has 6 heteroatoms. The molecule has 2 heterocycles. The van der Waals surface area contributed by atoms with Crippen LogP contribution >= 0.6 is 0 Å². The highest BCUT2D eigenvalue weighted by Gasteiger charge is 2.43. The van der Waals surface area contributed by atoms with Crippen molar-refractivity contribution in [1.29, 1.82) is 0 Å². The lowest BCUT2D eigenvalue weighted by Crippen LogP contribution is -2.56. The molecule has 1 atom stereocenters. The Bertz CT molecular complexity index is 1380. The molecule has 6 rings (SSSR count). The molecule has 2 aliphatic heterocycles. The number of para-hydroxylation sites is 1. The van der Waals surface area contributed by atoms with Gasteiger partial charge in [-0.3, -0.25) is 4.90 Å². The molecule has 1 unspecified atom stereocenters. The second-order valence-corrected chi connectivity index (χ2v) is 12.9. The maximum atomic E-state index is 14.1. The number of likely N-dealkylation sites (tertiary alicyclic amines) is 1. The highest BCUT2D eigenvalue weighted by Crippen LogP contribution is 2.42. The fraction of sp³-hybridized carbons (Fsp3) is 0.524. The lowest BCUT2D eigenvalue weighted by Gasteiger charge is -2.44. The number of rotatable bonds is 5. The monoisotopic (exact) mass is 654 g/mol. The number of nitrogens with zero attached hydrogens (tertiary/aromatic N) is 4. The Morgan fingerprint density at radius 2 is 1.29 bits per heavy atom. The summed E-state index contributed by atoms with van der Waals surface area (Å²) < 4.78 is 0. The summed E-state index contributed by atoms with van der Waals surface area (Å²) in [4.78, 5) is 35.3. The number of anilines is 1. The quantitative estimate of drug-likeness (QED) is 0.275. The summed E-state index contributed by atoms with van der Waals surface area (Å²) in [6.07, 6.45) is 6.84. The summed E-state index contributed by atoms with van der Waals surface area (Å²) >= 11 is 0. The molecule has 0 radical (unpaired) electrons. The molecule has 48 heavy (non-hydrogen) atoms. The van der Waals surface area contributed by atoms with E-state index in [0.29, 0.717) is 25.0 Å². The van der Waals surface area contributed by atoms with E-state index in [9.17, 15) is 9.59 Å². The van der Waals surface area contributed by atoms with Crippen LogP contribution in [0, 0.1) is 5.92 Å². The predicted molar refractivity (Wildman–Crippen MR) is 203 cm³/mol. The Morgan fingerprint density at radius 3 is 1.88 bits per heavy atom. The Labute approximate surface area is 292 Å². The maximum Gasteiger partial charge on any atom is 0.333 e. The Morgan fingerprint density at radius 1 is 0.771 bits per heavy atom. The van der Waals surface area contributed by atoms with Crippen LogP contribution in [0.15, 0.2) is 84.9 Å². The van der Waals surface area contributed by atoms with Crippen LogP contribution < -0.4 is 4.90 Å². The van der Waals surface area contributed by atoms with Gasteiger partial charge in [0.15, 0.2) is 0 Å². The zero-order valence-electron chi connectivity index (χ0n) is 31.3. The second-order valence-electron chi connectivity index (χ2n) is 12.9. The number of carbonyl (C=O) groups excluding carboxylic acids is 2. The predicted octanol–water partition coefficient (Wildman–Crippen LogP) is 10.4. The summed E-state index contributed by atoms with van der Waals surface area (Å²) in [6.45, 7) is 16.9. The summed E-state index contributed by atoms with van der Waals surface area (Å²) in [7, 11) is 4.05. The van der Waals surface area contributed by atoms with E-state index in [0.717, 1.165) is 36.2 Å². The van der Waals surface area contributed by atoms with Crippen molar-refractivity contribution in [3.8, 4) is 0 Å². The molecule has 1 aliphatic carbocycles. The largest absolute Gasteiger partial charge is 0.333 e. The third-order valence-electron chi connectivity index (χ3n) is 10.2. The molecule has 3 aromatic rings. The molecule has 6 nitrogen and oxygen atoms in total. The molecular formula is C42H62N4O2. The van der Waals surface area contributed by atoms with Crippen LogP contribution in [-0.2, 0) is 5.41 Å². The van der Waals surface area contributed by atoms with Crippen LogP contribution in [0.4, 0.5) is 15.3 Å². The third kappa shape index (κ3) is 8.68. The van der Waals surface area contributed by atoms with E-state index in [-0.39, 0.29) is 17.5 Å². The smallest absolute Gasteiger partial charge is 0.324 e. The van der Waals surface area contributed by atoms with Gasteiger partial charge in [-0.25, -0.2) is 14.5 Å². The van der Waals surface area contributed by atoms with E-state index in [1.54, 1.807) is 11.9 Å². The van der Waals surface area contributed by atoms with Gasteiger partial charge in [-0.15, -0.1) is 0 Å². The van der Waals surface area contributed by atoms with Gasteiger partial charge in [0.25, 0.3) is 0 Å². The van der Waals surface area contributed by atoms with Crippen LogP contribution in [0.1, 0.15) is 110 Å².